The monoisotopic (exact) mass is 270 g/mol. The molecule has 0 saturated heterocycles. The van der Waals surface area contributed by atoms with Gasteiger partial charge in [-0.1, -0.05) is 17.7 Å². The number of carbonyl (C=O) groups excluding carboxylic acids is 1. The number of hydrogen-bond acceptors (Lipinski definition) is 3. The van der Waals surface area contributed by atoms with Gasteiger partial charge in [0.25, 0.3) is 0 Å². The molecule has 1 N–H and O–H groups in total. The first-order valence-corrected chi connectivity index (χ1v) is 6.05. The van der Waals surface area contributed by atoms with E-state index in [1.165, 1.54) is 6.92 Å². The van der Waals surface area contributed by atoms with Crippen LogP contribution in [0.2, 0.25) is 5.02 Å². The summed E-state index contributed by atoms with van der Waals surface area (Å²) in [6.07, 6.45) is 0. The van der Waals surface area contributed by atoms with E-state index in [9.17, 15) is 4.79 Å². The van der Waals surface area contributed by atoms with Gasteiger partial charge >= 0.3 is 0 Å². The minimum Gasteiger partial charge on any atom is -0.354 e. The Morgan fingerprint density at radius 2 is 2.05 bits per heavy atom. The van der Waals surface area contributed by atoms with E-state index in [1.54, 1.807) is 36.4 Å². The summed E-state index contributed by atoms with van der Waals surface area (Å²) in [4.78, 5) is 11.3. The van der Waals surface area contributed by atoms with Gasteiger partial charge in [-0.2, -0.15) is 5.26 Å². The van der Waals surface area contributed by atoms with Gasteiger partial charge in [-0.15, -0.1) is 0 Å². The van der Waals surface area contributed by atoms with E-state index in [-0.39, 0.29) is 5.78 Å². The van der Waals surface area contributed by atoms with Crippen molar-refractivity contribution in [2.75, 3.05) is 5.32 Å². The molecule has 0 bridgehead atoms. The zero-order chi connectivity index (χ0) is 13.8. The van der Waals surface area contributed by atoms with Gasteiger partial charge in [-0.05, 0) is 43.3 Å². The molecule has 0 unspecified atom stereocenters. The number of nitrogens with zero attached hydrogens (tertiary/aromatic N) is 1. The Hall–Kier alpha value is -2.31. The zero-order valence-electron chi connectivity index (χ0n) is 10.3. The average Bonchev–Trinajstić information content (AvgIpc) is 2.41. The smallest absolute Gasteiger partial charge is 0.159 e. The SMILES string of the molecule is CC(=O)c1ccc(Cl)c(Nc2cccc(C#N)c2)c1. The third kappa shape index (κ3) is 3.12. The van der Waals surface area contributed by atoms with E-state index in [0.29, 0.717) is 21.8 Å². The second kappa shape index (κ2) is 5.55. The van der Waals surface area contributed by atoms with Gasteiger partial charge in [0.2, 0.25) is 0 Å². The number of ketones is 1. The van der Waals surface area contributed by atoms with Crippen molar-refractivity contribution in [2.45, 2.75) is 6.92 Å². The molecule has 0 fully saturated rings. The van der Waals surface area contributed by atoms with Crippen LogP contribution in [0.5, 0.6) is 0 Å². The number of nitriles is 1. The van der Waals surface area contributed by atoms with Crippen molar-refractivity contribution in [1.29, 1.82) is 5.26 Å². The highest BCUT2D eigenvalue weighted by Gasteiger charge is 2.06. The highest BCUT2D eigenvalue weighted by Crippen LogP contribution is 2.27. The highest BCUT2D eigenvalue weighted by molar-refractivity contribution is 6.33. The van der Waals surface area contributed by atoms with Crippen molar-refractivity contribution in [3.63, 3.8) is 0 Å². The molecule has 0 heterocycles. The zero-order valence-corrected chi connectivity index (χ0v) is 11.0. The molecule has 0 aliphatic carbocycles. The van der Waals surface area contributed by atoms with Gasteiger partial charge < -0.3 is 5.32 Å². The van der Waals surface area contributed by atoms with E-state index in [1.807, 2.05) is 6.07 Å². The molecular weight excluding hydrogens is 260 g/mol. The Morgan fingerprint density at radius 1 is 1.26 bits per heavy atom. The first kappa shape index (κ1) is 13.1. The molecule has 0 aromatic heterocycles. The second-order valence-electron chi connectivity index (χ2n) is 4.07. The molecule has 0 atom stereocenters. The van der Waals surface area contributed by atoms with Crippen LogP contribution in [0.3, 0.4) is 0 Å². The first-order chi connectivity index (χ1) is 9.10. The lowest BCUT2D eigenvalue weighted by molar-refractivity contribution is 0.101. The van der Waals surface area contributed by atoms with Gasteiger partial charge in [0, 0.05) is 11.3 Å². The van der Waals surface area contributed by atoms with Crippen molar-refractivity contribution < 1.29 is 4.79 Å². The van der Waals surface area contributed by atoms with Gasteiger partial charge in [0.05, 0.1) is 22.3 Å². The van der Waals surface area contributed by atoms with Crippen molar-refractivity contribution in [2.24, 2.45) is 0 Å². The Balaban J connectivity index is 2.34. The number of benzene rings is 2. The maximum Gasteiger partial charge on any atom is 0.159 e. The Morgan fingerprint density at radius 3 is 2.74 bits per heavy atom. The Labute approximate surface area is 116 Å². The number of rotatable bonds is 3. The number of halogens is 1. The molecule has 4 heteroatoms. The molecule has 0 saturated carbocycles. The lowest BCUT2D eigenvalue weighted by Gasteiger charge is -2.09. The topological polar surface area (TPSA) is 52.9 Å². The second-order valence-corrected chi connectivity index (χ2v) is 4.48. The number of carbonyl (C=O) groups is 1. The maximum atomic E-state index is 11.3. The molecule has 2 rings (SSSR count). The minimum absolute atomic E-state index is 0.0227. The number of nitrogens with one attached hydrogen (secondary N) is 1. The molecule has 2 aromatic rings. The number of hydrogen-bond donors (Lipinski definition) is 1. The lowest BCUT2D eigenvalue weighted by atomic mass is 10.1. The third-order valence-corrected chi connectivity index (χ3v) is 2.97. The highest BCUT2D eigenvalue weighted by atomic mass is 35.5. The first-order valence-electron chi connectivity index (χ1n) is 5.68. The van der Waals surface area contributed by atoms with Crippen molar-refractivity contribution in [1.82, 2.24) is 0 Å². The molecule has 0 amide bonds. The summed E-state index contributed by atoms with van der Waals surface area (Å²) in [7, 11) is 0. The van der Waals surface area contributed by atoms with E-state index >= 15 is 0 Å². The van der Waals surface area contributed by atoms with Crippen LogP contribution in [-0.4, -0.2) is 5.78 Å². The molecule has 2 aromatic carbocycles. The molecular formula is C15H11ClN2O. The van der Waals surface area contributed by atoms with Crippen LogP contribution in [0.4, 0.5) is 11.4 Å². The van der Waals surface area contributed by atoms with Crippen molar-refractivity contribution in [3.8, 4) is 6.07 Å². The predicted octanol–water partition coefficient (Wildman–Crippen LogP) is 4.16. The van der Waals surface area contributed by atoms with E-state index in [4.69, 9.17) is 16.9 Å². The van der Waals surface area contributed by atoms with Crippen LogP contribution in [0.25, 0.3) is 0 Å². The molecule has 0 aliphatic heterocycles. The normalized spacial score (nSPS) is 9.74. The maximum absolute atomic E-state index is 11.3. The van der Waals surface area contributed by atoms with Crippen LogP contribution in [0.1, 0.15) is 22.8 Å². The average molecular weight is 271 g/mol. The largest absolute Gasteiger partial charge is 0.354 e. The van der Waals surface area contributed by atoms with Crippen LogP contribution < -0.4 is 5.32 Å². The van der Waals surface area contributed by atoms with E-state index < -0.39 is 0 Å². The summed E-state index contributed by atoms with van der Waals surface area (Å²) in [6, 6.07) is 14.2. The Bertz CT molecular complexity index is 674. The fraction of sp³-hybridized carbons (Fsp3) is 0.0667. The summed E-state index contributed by atoms with van der Waals surface area (Å²) in [5.74, 6) is -0.0227. The molecule has 0 spiro atoms. The lowest BCUT2D eigenvalue weighted by Crippen LogP contribution is -1.96. The van der Waals surface area contributed by atoms with Crippen molar-refractivity contribution >= 4 is 28.8 Å². The summed E-state index contributed by atoms with van der Waals surface area (Å²) in [5, 5.41) is 12.5. The third-order valence-electron chi connectivity index (χ3n) is 2.64. The number of Topliss-reactive ketones (excluding diaryl/α,β-unsaturated/α-hetero) is 1. The Kier molecular flexibility index (Phi) is 3.84. The molecule has 0 radical (unpaired) electrons. The molecule has 94 valence electrons. The van der Waals surface area contributed by atoms with Gasteiger partial charge in [-0.25, -0.2) is 0 Å². The summed E-state index contributed by atoms with van der Waals surface area (Å²) < 4.78 is 0. The summed E-state index contributed by atoms with van der Waals surface area (Å²) in [5.41, 5.74) is 2.54. The molecule has 3 nitrogen and oxygen atoms in total. The fourth-order valence-corrected chi connectivity index (χ4v) is 1.83. The van der Waals surface area contributed by atoms with Crippen LogP contribution >= 0.6 is 11.6 Å². The van der Waals surface area contributed by atoms with Crippen LogP contribution in [0.15, 0.2) is 42.5 Å². The van der Waals surface area contributed by atoms with E-state index in [0.717, 1.165) is 5.69 Å². The van der Waals surface area contributed by atoms with Gasteiger partial charge in [-0.3, -0.25) is 4.79 Å². The summed E-state index contributed by atoms with van der Waals surface area (Å²) in [6.45, 7) is 1.50. The number of anilines is 2. The van der Waals surface area contributed by atoms with Crippen LogP contribution in [0, 0.1) is 11.3 Å². The standard InChI is InChI=1S/C15H11ClN2O/c1-10(19)12-5-6-14(16)15(8-12)18-13-4-2-3-11(7-13)9-17/h2-8,18H,1H3. The quantitative estimate of drug-likeness (QED) is 0.852. The van der Waals surface area contributed by atoms with Crippen molar-refractivity contribution in [3.05, 3.63) is 58.6 Å². The van der Waals surface area contributed by atoms with E-state index in [2.05, 4.69) is 11.4 Å². The fourth-order valence-electron chi connectivity index (χ4n) is 1.66. The van der Waals surface area contributed by atoms with Gasteiger partial charge in [0.15, 0.2) is 5.78 Å². The minimum atomic E-state index is -0.0227. The summed E-state index contributed by atoms with van der Waals surface area (Å²) >= 11 is 6.09. The molecule has 19 heavy (non-hydrogen) atoms. The molecule has 0 aliphatic rings. The van der Waals surface area contributed by atoms with Gasteiger partial charge in [0.1, 0.15) is 0 Å². The van der Waals surface area contributed by atoms with Crippen LogP contribution in [-0.2, 0) is 0 Å². The predicted molar refractivity (Wildman–Crippen MR) is 75.9 cm³/mol.